The van der Waals surface area contributed by atoms with Crippen molar-refractivity contribution in [2.75, 3.05) is 22.9 Å². The van der Waals surface area contributed by atoms with Crippen molar-refractivity contribution in [3.8, 4) is 0 Å². The third kappa shape index (κ3) is 2.04. The second-order valence-corrected chi connectivity index (χ2v) is 5.40. The number of anilines is 2. The average Bonchev–Trinajstić information content (AvgIpc) is 2.23. The van der Waals surface area contributed by atoms with Crippen molar-refractivity contribution in [1.29, 1.82) is 0 Å². The number of nitrogen functional groups attached to an aromatic ring is 1. The molecule has 1 fully saturated rings. The molecule has 4 heteroatoms. The van der Waals surface area contributed by atoms with Gasteiger partial charge in [0, 0.05) is 29.8 Å². The second kappa shape index (κ2) is 4.31. The third-order valence-electron chi connectivity index (χ3n) is 3.01. The summed E-state index contributed by atoms with van der Waals surface area (Å²) in [5, 5.41) is 0.651. The number of rotatable bonds is 1. The summed E-state index contributed by atoms with van der Waals surface area (Å²) in [6.07, 6.45) is 1.74. The maximum Gasteiger partial charge on any atom is 0.146 e. The lowest BCUT2D eigenvalue weighted by atomic mass is 10.2. The first-order valence-corrected chi connectivity index (χ1v) is 6.34. The Balaban J connectivity index is 2.26. The van der Waals surface area contributed by atoms with E-state index in [1.54, 1.807) is 6.20 Å². The molecule has 0 spiro atoms. The van der Waals surface area contributed by atoms with Crippen LogP contribution < -0.4 is 10.6 Å². The number of pyridine rings is 1. The minimum Gasteiger partial charge on any atom is -0.382 e. The molecule has 2 heterocycles. The molecule has 2 rings (SSSR count). The van der Waals surface area contributed by atoms with E-state index in [1.165, 1.54) is 5.75 Å². The highest BCUT2D eigenvalue weighted by Gasteiger charge is 2.26. The number of nitrogens with zero attached hydrogens (tertiary/aromatic N) is 2. The molecule has 2 unspecified atom stereocenters. The van der Waals surface area contributed by atoms with Gasteiger partial charge in [0.1, 0.15) is 5.82 Å². The van der Waals surface area contributed by atoms with Gasteiger partial charge in [-0.1, -0.05) is 6.92 Å². The first-order valence-electron chi connectivity index (χ1n) is 5.29. The summed E-state index contributed by atoms with van der Waals surface area (Å²) in [7, 11) is 0. The number of hydrogen-bond acceptors (Lipinski definition) is 4. The monoisotopic (exact) mass is 223 g/mol. The fourth-order valence-electron chi connectivity index (χ4n) is 1.92. The molecule has 3 nitrogen and oxygen atoms in total. The van der Waals surface area contributed by atoms with E-state index in [0.29, 0.717) is 17.1 Å². The van der Waals surface area contributed by atoms with E-state index in [0.717, 1.165) is 12.2 Å². The number of nitrogens with two attached hydrogens (primary N) is 1. The molecule has 0 amide bonds. The Morgan fingerprint density at radius 3 is 3.07 bits per heavy atom. The summed E-state index contributed by atoms with van der Waals surface area (Å²) in [4.78, 5) is 6.51. The lowest BCUT2D eigenvalue weighted by molar-refractivity contribution is 0.627. The van der Waals surface area contributed by atoms with Crippen molar-refractivity contribution in [3.63, 3.8) is 0 Å². The molecule has 1 aromatic heterocycles. The van der Waals surface area contributed by atoms with Crippen molar-refractivity contribution in [2.45, 2.75) is 25.1 Å². The van der Waals surface area contributed by atoms with Crippen LogP contribution in [-0.4, -0.2) is 28.6 Å². The molecule has 1 aromatic rings. The van der Waals surface area contributed by atoms with E-state index < -0.39 is 0 Å². The van der Waals surface area contributed by atoms with Crippen LogP contribution in [0.2, 0.25) is 0 Å². The molecule has 2 atom stereocenters. The average molecular weight is 223 g/mol. The highest BCUT2D eigenvalue weighted by Crippen LogP contribution is 2.31. The molecule has 0 saturated carbocycles. The van der Waals surface area contributed by atoms with Gasteiger partial charge in [0.2, 0.25) is 0 Å². The lowest BCUT2D eigenvalue weighted by Crippen LogP contribution is -2.45. The Kier molecular flexibility index (Phi) is 3.05. The molecular formula is C11H17N3S. The van der Waals surface area contributed by atoms with Crippen LogP contribution in [0.15, 0.2) is 18.3 Å². The SMILES string of the molecule is CC1SCCN(c2cccnc2N)C1C. The molecule has 82 valence electrons. The number of hydrogen-bond donors (Lipinski definition) is 1. The first kappa shape index (κ1) is 10.6. The van der Waals surface area contributed by atoms with Gasteiger partial charge in [-0.2, -0.15) is 11.8 Å². The Labute approximate surface area is 95.1 Å². The smallest absolute Gasteiger partial charge is 0.146 e. The molecular weight excluding hydrogens is 206 g/mol. The Bertz CT molecular complexity index is 342. The third-order valence-corrected chi connectivity index (χ3v) is 4.35. The summed E-state index contributed by atoms with van der Waals surface area (Å²) in [6, 6.07) is 4.53. The maximum atomic E-state index is 5.90. The largest absolute Gasteiger partial charge is 0.382 e. The van der Waals surface area contributed by atoms with Crippen molar-refractivity contribution in [2.24, 2.45) is 0 Å². The standard InChI is InChI=1S/C11H17N3S/c1-8-9(2)15-7-6-14(8)10-4-3-5-13-11(10)12/h3-5,8-9H,6-7H2,1-2H3,(H2,12,13). The normalized spacial score (nSPS) is 26.7. The maximum absolute atomic E-state index is 5.90. The molecule has 0 bridgehead atoms. The van der Waals surface area contributed by atoms with Crippen LogP contribution in [0.1, 0.15) is 13.8 Å². The summed E-state index contributed by atoms with van der Waals surface area (Å²) < 4.78 is 0. The van der Waals surface area contributed by atoms with Crippen LogP contribution >= 0.6 is 11.8 Å². The van der Waals surface area contributed by atoms with Crippen LogP contribution in [0, 0.1) is 0 Å². The zero-order valence-corrected chi connectivity index (χ0v) is 10.00. The summed E-state index contributed by atoms with van der Waals surface area (Å²) in [5.41, 5.74) is 6.98. The van der Waals surface area contributed by atoms with Gasteiger partial charge in [0.05, 0.1) is 5.69 Å². The van der Waals surface area contributed by atoms with Crippen molar-refractivity contribution in [1.82, 2.24) is 4.98 Å². The molecule has 0 aromatic carbocycles. The Hall–Kier alpha value is -0.900. The van der Waals surface area contributed by atoms with Crippen LogP contribution in [0.5, 0.6) is 0 Å². The van der Waals surface area contributed by atoms with Crippen LogP contribution in [-0.2, 0) is 0 Å². The highest BCUT2D eigenvalue weighted by molar-refractivity contribution is 8.00. The Morgan fingerprint density at radius 2 is 2.33 bits per heavy atom. The second-order valence-electron chi connectivity index (χ2n) is 3.92. The fraction of sp³-hybridized carbons (Fsp3) is 0.545. The Morgan fingerprint density at radius 1 is 1.53 bits per heavy atom. The topological polar surface area (TPSA) is 42.2 Å². The van der Waals surface area contributed by atoms with Gasteiger partial charge >= 0.3 is 0 Å². The molecule has 0 aliphatic carbocycles. The summed E-state index contributed by atoms with van der Waals surface area (Å²) in [5.74, 6) is 1.81. The van der Waals surface area contributed by atoms with Gasteiger partial charge in [-0.15, -0.1) is 0 Å². The van der Waals surface area contributed by atoms with Gasteiger partial charge in [-0.05, 0) is 19.1 Å². The predicted molar refractivity (Wildman–Crippen MR) is 67.4 cm³/mol. The van der Waals surface area contributed by atoms with Crippen LogP contribution in [0.25, 0.3) is 0 Å². The zero-order valence-electron chi connectivity index (χ0n) is 9.18. The van der Waals surface area contributed by atoms with Gasteiger partial charge in [0.15, 0.2) is 0 Å². The summed E-state index contributed by atoms with van der Waals surface area (Å²) in [6.45, 7) is 5.59. The van der Waals surface area contributed by atoms with E-state index in [-0.39, 0.29) is 0 Å². The van der Waals surface area contributed by atoms with Gasteiger partial charge in [-0.25, -0.2) is 4.98 Å². The number of thioether (sulfide) groups is 1. The van der Waals surface area contributed by atoms with E-state index in [9.17, 15) is 0 Å². The van der Waals surface area contributed by atoms with Gasteiger partial charge in [0.25, 0.3) is 0 Å². The van der Waals surface area contributed by atoms with Crippen LogP contribution in [0.3, 0.4) is 0 Å². The van der Waals surface area contributed by atoms with Crippen LogP contribution in [0.4, 0.5) is 11.5 Å². The van der Waals surface area contributed by atoms with E-state index >= 15 is 0 Å². The molecule has 1 saturated heterocycles. The predicted octanol–water partition coefficient (Wildman–Crippen LogP) is 1.99. The number of aromatic nitrogens is 1. The van der Waals surface area contributed by atoms with Crippen molar-refractivity contribution >= 4 is 23.3 Å². The fourth-order valence-corrected chi connectivity index (χ4v) is 3.02. The summed E-state index contributed by atoms with van der Waals surface area (Å²) >= 11 is 2.03. The molecule has 2 N–H and O–H groups in total. The minimum atomic E-state index is 0.523. The van der Waals surface area contributed by atoms with Crippen molar-refractivity contribution in [3.05, 3.63) is 18.3 Å². The van der Waals surface area contributed by atoms with Gasteiger partial charge < -0.3 is 10.6 Å². The van der Waals surface area contributed by atoms with E-state index in [1.807, 2.05) is 17.8 Å². The van der Waals surface area contributed by atoms with Gasteiger partial charge in [-0.3, -0.25) is 0 Å². The van der Waals surface area contributed by atoms with E-state index in [2.05, 4.69) is 29.8 Å². The minimum absolute atomic E-state index is 0.523. The van der Waals surface area contributed by atoms with Crippen molar-refractivity contribution < 1.29 is 0 Å². The molecule has 1 aliphatic heterocycles. The molecule has 0 radical (unpaired) electrons. The molecule has 1 aliphatic rings. The zero-order chi connectivity index (χ0) is 10.8. The highest BCUT2D eigenvalue weighted by atomic mass is 32.2. The molecule has 15 heavy (non-hydrogen) atoms. The first-order chi connectivity index (χ1) is 7.20. The van der Waals surface area contributed by atoms with E-state index in [4.69, 9.17) is 5.73 Å². The lowest BCUT2D eigenvalue weighted by Gasteiger charge is -2.39. The quantitative estimate of drug-likeness (QED) is 0.790.